The molecule has 6 nitrogen and oxygen atoms in total. The van der Waals surface area contributed by atoms with Crippen molar-refractivity contribution in [2.45, 2.75) is 32.1 Å². The SMILES string of the molecule is CN=C(NCCCc1ccc(O)cc1)N1CCC(CC(=O)NC)CC1.I. The monoisotopic (exact) mass is 474 g/mol. The summed E-state index contributed by atoms with van der Waals surface area (Å²) in [6, 6.07) is 7.37. The third-order valence-electron chi connectivity index (χ3n) is 4.74. The van der Waals surface area contributed by atoms with Crippen molar-refractivity contribution in [2.75, 3.05) is 33.7 Å². The molecule has 1 aromatic carbocycles. The highest BCUT2D eigenvalue weighted by Gasteiger charge is 2.22. The van der Waals surface area contributed by atoms with Crippen molar-refractivity contribution in [1.29, 1.82) is 0 Å². The van der Waals surface area contributed by atoms with Crippen molar-refractivity contribution in [3.05, 3.63) is 29.8 Å². The van der Waals surface area contributed by atoms with Crippen molar-refractivity contribution < 1.29 is 9.90 Å². The van der Waals surface area contributed by atoms with Gasteiger partial charge in [0, 0.05) is 40.2 Å². The summed E-state index contributed by atoms with van der Waals surface area (Å²) < 4.78 is 0. The van der Waals surface area contributed by atoms with Crippen LogP contribution in [0, 0.1) is 5.92 Å². The zero-order chi connectivity index (χ0) is 18.1. The second kappa shape index (κ2) is 12.0. The Balaban J connectivity index is 0.00000338. The number of carbonyl (C=O) groups excluding carboxylic acids is 1. The van der Waals surface area contributed by atoms with Crippen LogP contribution in [0.5, 0.6) is 5.75 Å². The van der Waals surface area contributed by atoms with Crippen molar-refractivity contribution >= 4 is 35.8 Å². The first-order chi connectivity index (χ1) is 12.1. The first kappa shape index (κ1) is 22.5. The van der Waals surface area contributed by atoms with E-state index in [0.717, 1.165) is 51.3 Å². The summed E-state index contributed by atoms with van der Waals surface area (Å²) >= 11 is 0. The number of aromatic hydroxyl groups is 1. The minimum Gasteiger partial charge on any atom is -0.508 e. The molecule has 0 unspecified atom stereocenters. The molecule has 26 heavy (non-hydrogen) atoms. The number of piperidine rings is 1. The number of phenols is 1. The summed E-state index contributed by atoms with van der Waals surface area (Å²) in [6.45, 7) is 2.75. The fraction of sp³-hybridized carbons (Fsp3) is 0.579. The maximum atomic E-state index is 11.5. The Bertz CT molecular complexity index is 569. The van der Waals surface area contributed by atoms with Crippen LogP contribution in [0.3, 0.4) is 0 Å². The fourth-order valence-corrected chi connectivity index (χ4v) is 3.20. The van der Waals surface area contributed by atoms with Crippen LogP contribution >= 0.6 is 24.0 Å². The Morgan fingerprint density at radius 1 is 1.27 bits per heavy atom. The van der Waals surface area contributed by atoms with Gasteiger partial charge in [-0.25, -0.2) is 0 Å². The van der Waals surface area contributed by atoms with Crippen LogP contribution in [0.2, 0.25) is 0 Å². The van der Waals surface area contributed by atoms with Gasteiger partial charge in [-0.1, -0.05) is 12.1 Å². The quantitative estimate of drug-likeness (QED) is 0.256. The van der Waals surface area contributed by atoms with Crippen LogP contribution in [0.4, 0.5) is 0 Å². The van der Waals surface area contributed by atoms with Gasteiger partial charge < -0.3 is 20.6 Å². The molecule has 0 radical (unpaired) electrons. The smallest absolute Gasteiger partial charge is 0.220 e. The number of likely N-dealkylation sites (tertiary alicyclic amines) is 1. The van der Waals surface area contributed by atoms with Gasteiger partial charge in [0.05, 0.1) is 0 Å². The van der Waals surface area contributed by atoms with Crippen molar-refractivity contribution in [2.24, 2.45) is 10.9 Å². The molecule has 3 N–H and O–H groups in total. The lowest BCUT2D eigenvalue weighted by Gasteiger charge is -2.34. The Morgan fingerprint density at radius 3 is 2.50 bits per heavy atom. The maximum Gasteiger partial charge on any atom is 0.220 e. The number of hydrogen-bond donors (Lipinski definition) is 3. The molecule has 1 fully saturated rings. The highest BCUT2D eigenvalue weighted by molar-refractivity contribution is 14.0. The molecule has 1 aliphatic heterocycles. The molecule has 0 aliphatic carbocycles. The highest BCUT2D eigenvalue weighted by Crippen LogP contribution is 2.20. The number of aliphatic imine (C=N–C) groups is 1. The van der Waals surface area contributed by atoms with Gasteiger partial charge in [0.1, 0.15) is 5.75 Å². The van der Waals surface area contributed by atoms with Crippen LogP contribution in [0.1, 0.15) is 31.2 Å². The van der Waals surface area contributed by atoms with E-state index in [1.165, 1.54) is 5.56 Å². The number of phenolic OH excluding ortho intramolecular Hbond substituents is 1. The number of benzene rings is 1. The molecule has 2 rings (SSSR count). The predicted octanol–water partition coefficient (Wildman–Crippen LogP) is 2.37. The molecule has 0 atom stereocenters. The molecule has 7 heteroatoms. The van der Waals surface area contributed by atoms with Crippen LogP contribution in [-0.2, 0) is 11.2 Å². The number of nitrogens with zero attached hydrogens (tertiary/aromatic N) is 2. The topological polar surface area (TPSA) is 77.0 Å². The molecule has 1 aliphatic rings. The number of amides is 1. The summed E-state index contributed by atoms with van der Waals surface area (Å²) in [4.78, 5) is 18.2. The van der Waals surface area contributed by atoms with E-state index in [1.807, 2.05) is 19.2 Å². The summed E-state index contributed by atoms with van der Waals surface area (Å²) in [5.41, 5.74) is 1.23. The number of hydrogen-bond acceptors (Lipinski definition) is 3. The zero-order valence-corrected chi connectivity index (χ0v) is 18.0. The molecule has 146 valence electrons. The van der Waals surface area contributed by atoms with E-state index >= 15 is 0 Å². The maximum absolute atomic E-state index is 11.5. The van der Waals surface area contributed by atoms with E-state index in [1.54, 1.807) is 19.2 Å². The third kappa shape index (κ3) is 7.39. The molecule has 0 saturated carbocycles. The molecular formula is C19H31IN4O2. The lowest BCUT2D eigenvalue weighted by Crippen LogP contribution is -2.46. The highest BCUT2D eigenvalue weighted by atomic mass is 127. The molecule has 1 amide bonds. The fourth-order valence-electron chi connectivity index (χ4n) is 3.20. The number of halogens is 1. The van der Waals surface area contributed by atoms with Gasteiger partial charge in [0.2, 0.25) is 5.91 Å². The lowest BCUT2D eigenvalue weighted by atomic mass is 9.93. The normalized spacial score (nSPS) is 15.3. The molecule has 0 aromatic heterocycles. The average molecular weight is 474 g/mol. The largest absolute Gasteiger partial charge is 0.508 e. The predicted molar refractivity (Wildman–Crippen MR) is 116 cm³/mol. The summed E-state index contributed by atoms with van der Waals surface area (Å²) in [5, 5.41) is 15.4. The Labute approximate surface area is 173 Å². The number of nitrogens with one attached hydrogen (secondary N) is 2. The third-order valence-corrected chi connectivity index (χ3v) is 4.74. The summed E-state index contributed by atoms with van der Waals surface area (Å²) in [6.07, 6.45) is 4.67. The van der Waals surface area contributed by atoms with E-state index in [4.69, 9.17) is 0 Å². The average Bonchev–Trinajstić information content (AvgIpc) is 2.64. The number of aryl methyl sites for hydroxylation is 1. The Hall–Kier alpha value is -1.51. The number of rotatable bonds is 6. The minimum absolute atomic E-state index is 0. The van der Waals surface area contributed by atoms with Crippen LogP contribution in [-0.4, -0.2) is 55.6 Å². The van der Waals surface area contributed by atoms with E-state index in [9.17, 15) is 9.90 Å². The second-order valence-corrected chi connectivity index (χ2v) is 6.55. The van der Waals surface area contributed by atoms with Gasteiger partial charge in [0.25, 0.3) is 0 Å². The van der Waals surface area contributed by atoms with E-state index in [0.29, 0.717) is 18.1 Å². The number of carbonyl (C=O) groups is 1. The van der Waals surface area contributed by atoms with E-state index in [2.05, 4.69) is 20.5 Å². The first-order valence-corrected chi connectivity index (χ1v) is 9.06. The van der Waals surface area contributed by atoms with Gasteiger partial charge in [-0.15, -0.1) is 24.0 Å². The van der Waals surface area contributed by atoms with Gasteiger partial charge in [-0.3, -0.25) is 9.79 Å². The Kier molecular flexibility index (Phi) is 10.4. The van der Waals surface area contributed by atoms with Crippen LogP contribution in [0.15, 0.2) is 29.3 Å². The molecule has 0 spiro atoms. The van der Waals surface area contributed by atoms with Crippen LogP contribution < -0.4 is 10.6 Å². The standard InChI is InChI=1S/C19H30N4O2.HI/c1-20-18(25)14-16-9-12-23(13-10-16)19(21-2)22-11-3-4-15-5-7-17(24)8-6-15;/h5-8,16,24H,3-4,9-14H2,1-2H3,(H,20,25)(H,21,22);1H. The summed E-state index contributed by atoms with van der Waals surface area (Å²) in [7, 11) is 3.51. The van der Waals surface area contributed by atoms with Crippen molar-refractivity contribution in [1.82, 2.24) is 15.5 Å². The van der Waals surface area contributed by atoms with E-state index < -0.39 is 0 Å². The Morgan fingerprint density at radius 2 is 1.92 bits per heavy atom. The molecule has 1 heterocycles. The van der Waals surface area contributed by atoms with Crippen molar-refractivity contribution in [3.8, 4) is 5.75 Å². The summed E-state index contributed by atoms with van der Waals surface area (Å²) in [5.74, 6) is 1.87. The lowest BCUT2D eigenvalue weighted by molar-refractivity contribution is -0.121. The van der Waals surface area contributed by atoms with Crippen LogP contribution in [0.25, 0.3) is 0 Å². The zero-order valence-electron chi connectivity index (χ0n) is 15.7. The van der Waals surface area contributed by atoms with Gasteiger partial charge in [0.15, 0.2) is 5.96 Å². The first-order valence-electron chi connectivity index (χ1n) is 9.06. The van der Waals surface area contributed by atoms with Crippen molar-refractivity contribution in [3.63, 3.8) is 0 Å². The number of guanidine groups is 1. The van der Waals surface area contributed by atoms with Gasteiger partial charge in [-0.05, 0) is 49.3 Å². The minimum atomic E-state index is 0. The second-order valence-electron chi connectivity index (χ2n) is 6.55. The molecule has 1 saturated heterocycles. The van der Waals surface area contributed by atoms with Gasteiger partial charge >= 0.3 is 0 Å². The molecule has 1 aromatic rings. The molecule has 0 bridgehead atoms. The van der Waals surface area contributed by atoms with E-state index in [-0.39, 0.29) is 29.9 Å². The molecular weight excluding hydrogens is 443 g/mol. The van der Waals surface area contributed by atoms with Gasteiger partial charge in [-0.2, -0.15) is 0 Å².